The molecule has 0 saturated heterocycles. The Labute approximate surface area is 229 Å². The van der Waals surface area contributed by atoms with E-state index >= 15 is 0 Å². The molecule has 0 fully saturated rings. The first-order chi connectivity index (χ1) is 18.3. The second-order valence-corrected chi connectivity index (χ2v) is 10.4. The molecule has 192 valence electrons. The highest BCUT2D eigenvalue weighted by Crippen LogP contribution is 2.49. The van der Waals surface area contributed by atoms with Crippen molar-refractivity contribution in [2.75, 3.05) is 6.61 Å². The zero-order chi connectivity index (χ0) is 27.0. The first-order valence-corrected chi connectivity index (χ1v) is 13.4. The lowest BCUT2D eigenvalue weighted by molar-refractivity contribution is 0.0527. The third-order valence-corrected chi connectivity index (χ3v) is 7.27. The number of fused-ring (bicyclic) bond motifs is 1. The number of esters is 1. The largest absolute Gasteiger partial charge is 0.462 e. The van der Waals surface area contributed by atoms with Crippen molar-refractivity contribution in [1.29, 1.82) is 0 Å². The Balaban J connectivity index is 1.90. The number of benzene rings is 2. The Hall–Kier alpha value is -3.82. The lowest BCUT2D eigenvalue weighted by Gasteiger charge is -2.10. The minimum Gasteiger partial charge on any atom is -0.462 e. The lowest BCUT2D eigenvalue weighted by Crippen LogP contribution is -2.06. The van der Waals surface area contributed by atoms with Crippen molar-refractivity contribution in [2.45, 2.75) is 40.5 Å². The normalized spacial score (nSPS) is 11.3. The van der Waals surface area contributed by atoms with Gasteiger partial charge in [0, 0.05) is 21.7 Å². The SMILES string of the molecule is CCOC(=O)c1c(-c2ccccc2)oc(-c2ccc(Cl)cc2)c1-c1cc(C)c2cc(C(C)C)ccc(C)c1-2. The number of carbonyl (C=O) groups is 1. The van der Waals surface area contributed by atoms with Gasteiger partial charge in [0.05, 0.1) is 6.61 Å². The van der Waals surface area contributed by atoms with E-state index in [1.54, 1.807) is 0 Å². The molecule has 38 heavy (non-hydrogen) atoms. The van der Waals surface area contributed by atoms with Gasteiger partial charge in [-0.15, -0.1) is 0 Å². The van der Waals surface area contributed by atoms with Crippen LogP contribution in [-0.2, 0) is 4.74 Å². The predicted octanol–water partition coefficient (Wildman–Crippen LogP) is 9.96. The zero-order valence-electron chi connectivity index (χ0n) is 22.4. The first-order valence-electron chi connectivity index (χ1n) is 13.0. The maximum absolute atomic E-state index is 13.7. The maximum atomic E-state index is 13.7. The van der Waals surface area contributed by atoms with E-state index in [2.05, 4.69) is 52.0 Å². The summed E-state index contributed by atoms with van der Waals surface area (Å²) in [5.41, 5.74) is 9.61. The summed E-state index contributed by atoms with van der Waals surface area (Å²) in [7, 11) is 0. The van der Waals surface area contributed by atoms with Crippen LogP contribution in [0.5, 0.6) is 0 Å². The molecular formula is C34H31ClO3. The van der Waals surface area contributed by atoms with Gasteiger partial charge in [0.1, 0.15) is 17.1 Å². The highest BCUT2D eigenvalue weighted by Gasteiger charge is 2.32. The highest BCUT2D eigenvalue weighted by molar-refractivity contribution is 6.30. The molecule has 0 unspecified atom stereocenters. The average molecular weight is 523 g/mol. The first kappa shape index (κ1) is 25.8. The molecule has 0 bridgehead atoms. The minimum absolute atomic E-state index is 0.264. The Morgan fingerprint density at radius 3 is 2.16 bits per heavy atom. The lowest BCUT2D eigenvalue weighted by atomic mass is 9.92. The van der Waals surface area contributed by atoms with Crippen LogP contribution in [0.1, 0.15) is 53.7 Å². The minimum atomic E-state index is -0.404. The van der Waals surface area contributed by atoms with Gasteiger partial charge in [0.15, 0.2) is 0 Å². The van der Waals surface area contributed by atoms with Crippen LogP contribution in [0.15, 0.2) is 83.3 Å². The van der Waals surface area contributed by atoms with E-state index in [1.807, 2.05) is 61.5 Å². The van der Waals surface area contributed by atoms with E-state index in [4.69, 9.17) is 20.8 Å². The number of rotatable bonds is 6. The monoisotopic (exact) mass is 522 g/mol. The van der Waals surface area contributed by atoms with Gasteiger partial charge in [0.25, 0.3) is 0 Å². The fourth-order valence-electron chi connectivity index (χ4n) is 5.08. The second kappa shape index (κ2) is 10.5. The molecule has 5 rings (SSSR count). The quantitative estimate of drug-likeness (QED) is 0.208. The molecular weight excluding hydrogens is 492 g/mol. The summed E-state index contributed by atoms with van der Waals surface area (Å²) in [4.78, 5) is 13.7. The van der Waals surface area contributed by atoms with Crippen molar-refractivity contribution in [3.05, 3.63) is 106 Å². The van der Waals surface area contributed by atoms with Crippen LogP contribution < -0.4 is 0 Å². The smallest absolute Gasteiger partial charge is 0.342 e. The van der Waals surface area contributed by atoms with Gasteiger partial charge in [-0.3, -0.25) is 0 Å². The summed E-state index contributed by atoms with van der Waals surface area (Å²) in [5.74, 6) is 1.10. The van der Waals surface area contributed by atoms with Crippen molar-refractivity contribution in [2.24, 2.45) is 0 Å². The summed E-state index contributed by atoms with van der Waals surface area (Å²) >= 11 is 6.23. The van der Waals surface area contributed by atoms with Gasteiger partial charge in [-0.2, -0.15) is 0 Å². The Kier molecular flexibility index (Phi) is 7.14. The molecule has 0 amide bonds. The number of aryl methyl sites for hydroxylation is 2. The molecule has 0 atom stereocenters. The van der Waals surface area contributed by atoms with Crippen molar-refractivity contribution >= 4 is 17.6 Å². The standard InChI is InChI=1S/C34H31ClO3/c1-6-37-34(36)31-30(28-18-22(5)27-19-25(20(2)3)13-12-21(4)29(27)28)32(24-14-16-26(35)17-15-24)38-33(31)23-10-8-7-9-11-23/h7-20H,6H2,1-5H3. The molecule has 0 aliphatic heterocycles. The molecule has 1 aromatic heterocycles. The molecule has 2 aromatic carbocycles. The topological polar surface area (TPSA) is 39.4 Å². The molecule has 3 nitrogen and oxygen atoms in total. The van der Waals surface area contributed by atoms with Gasteiger partial charge in [-0.05, 0) is 84.3 Å². The summed E-state index contributed by atoms with van der Waals surface area (Å²) < 4.78 is 12.2. The Bertz CT molecular complexity index is 1580. The van der Waals surface area contributed by atoms with Crippen molar-refractivity contribution in [3.8, 4) is 44.9 Å². The van der Waals surface area contributed by atoms with Gasteiger partial charge in [0.2, 0.25) is 0 Å². The van der Waals surface area contributed by atoms with Crippen LogP contribution in [0.4, 0.5) is 0 Å². The molecule has 0 spiro atoms. The van der Waals surface area contributed by atoms with Crippen LogP contribution in [0, 0.1) is 13.8 Å². The molecule has 2 aliphatic carbocycles. The van der Waals surface area contributed by atoms with Crippen molar-refractivity contribution in [1.82, 2.24) is 0 Å². The fraction of sp³-hybridized carbons (Fsp3) is 0.206. The van der Waals surface area contributed by atoms with Crippen LogP contribution in [0.25, 0.3) is 44.9 Å². The number of furan rings is 1. The van der Waals surface area contributed by atoms with Crippen LogP contribution in [0.3, 0.4) is 0 Å². The Morgan fingerprint density at radius 2 is 1.50 bits per heavy atom. The molecule has 0 N–H and O–H groups in total. The number of carbonyl (C=O) groups excluding carboxylic acids is 1. The van der Waals surface area contributed by atoms with Crippen LogP contribution in [0.2, 0.25) is 5.02 Å². The summed E-state index contributed by atoms with van der Waals surface area (Å²) in [6.07, 6.45) is 0. The van der Waals surface area contributed by atoms with Crippen molar-refractivity contribution in [3.63, 3.8) is 0 Å². The van der Waals surface area contributed by atoms with Gasteiger partial charge >= 0.3 is 5.97 Å². The number of hydrogen-bond donors (Lipinski definition) is 0. The van der Waals surface area contributed by atoms with E-state index < -0.39 is 5.97 Å². The highest BCUT2D eigenvalue weighted by atomic mass is 35.5. The molecule has 1 heterocycles. The molecule has 0 saturated carbocycles. The predicted molar refractivity (Wildman–Crippen MR) is 156 cm³/mol. The fourth-order valence-corrected chi connectivity index (χ4v) is 5.20. The molecule has 4 heteroatoms. The summed E-state index contributed by atoms with van der Waals surface area (Å²) in [6.45, 7) is 10.7. The third-order valence-electron chi connectivity index (χ3n) is 7.02. The van der Waals surface area contributed by atoms with E-state index in [-0.39, 0.29) is 6.61 Å². The van der Waals surface area contributed by atoms with Crippen LogP contribution >= 0.6 is 11.6 Å². The van der Waals surface area contributed by atoms with Gasteiger partial charge < -0.3 is 9.15 Å². The van der Waals surface area contributed by atoms with Crippen molar-refractivity contribution < 1.29 is 13.9 Å². The summed E-state index contributed by atoms with van der Waals surface area (Å²) in [6, 6.07) is 26.1. The average Bonchev–Trinajstić information content (AvgIpc) is 3.39. The van der Waals surface area contributed by atoms with Gasteiger partial charge in [-0.1, -0.05) is 80.0 Å². The van der Waals surface area contributed by atoms with Crippen LogP contribution in [-0.4, -0.2) is 12.6 Å². The maximum Gasteiger partial charge on any atom is 0.342 e. The molecule has 2 aliphatic rings. The number of hydrogen-bond acceptors (Lipinski definition) is 3. The number of halogens is 1. The molecule has 0 radical (unpaired) electrons. The second-order valence-electron chi connectivity index (χ2n) is 9.95. The summed E-state index contributed by atoms with van der Waals surface area (Å²) in [5, 5.41) is 0.634. The number of ether oxygens (including phenoxy) is 1. The Morgan fingerprint density at radius 1 is 0.816 bits per heavy atom. The van der Waals surface area contributed by atoms with E-state index in [1.165, 1.54) is 11.1 Å². The van der Waals surface area contributed by atoms with Gasteiger partial charge in [-0.25, -0.2) is 4.79 Å². The van der Waals surface area contributed by atoms with E-state index in [0.29, 0.717) is 28.0 Å². The zero-order valence-corrected chi connectivity index (χ0v) is 23.1. The third kappa shape index (κ3) is 4.63. The van der Waals surface area contributed by atoms with E-state index in [9.17, 15) is 4.79 Å². The van der Waals surface area contributed by atoms with E-state index in [0.717, 1.165) is 38.9 Å². The molecule has 3 aromatic rings.